The number of nitro benzene ring substituents is 1. The lowest BCUT2D eigenvalue weighted by Crippen LogP contribution is -2.05. The predicted molar refractivity (Wildman–Crippen MR) is 67.0 cm³/mol. The van der Waals surface area contributed by atoms with Crippen molar-refractivity contribution in [3.05, 3.63) is 51.3 Å². The molecule has 0 amide bonds. The van der Waals surface area contributed by atoms with Crippen LogP contribution >= 0.6 is 0 Å². The van der Waals surface area contributed by atoms with Crippen LogP contribution in [0.5, 0.6) is 0 Å². The molecule has 19 heavy (non-hydrogen) atoms. The van der Waals surface area contributed by atoms with Gasteiger partial charge in [0, 0.05) is 19.1 Å². The van der Waals surface area contributed by atoms with E-state index in [1.54, 1.807) is 23.7 Å². The Balaban J connectivity index is 2.21. The number of carbonyl (C=O) groups is 1. The maximum Gasteiger partial charge on any atom is 0.269 e. The molecular formula is C12H12N4O3. The number of ketones is 1. The topological polar surface area (TPSA) is 90.9 Å². The van der Waals surface area contributed by atoms with E-state index >= 15 is 0 Å². The molecule has 7 heteroatoms. The first-order chi connectivity index (χ1) is 8.99. The van der Waals surface area contributed by atoms with Crippen molar-refractivity contribution in [1.82, 2.24) is 15.0 Å². The number of carbonyl (C=O) groups excluding carboxylic acids is 1. The van der Waals surface area contributed by atoms with Crippen LogP contribution in [0.4, 0.5) is 5.69 Å². The lowest BCUT2D eigenvalue weighted by atomic mass is 10.2. The van der Waals surface area contributed by atoms with Crippen molar-refractivity contribution in [3.8, 4) is 0 Å². The molecule has 1 aromatic carbocycles. The zero-order valence-corrected chi connectivity index (χ0v) is 10.5. The number of hydrogen-bond acceptors (Lipinski definition) is 5. The van der Waals surface area contributed by atoms with Crippen LogP contribution in [0.2, 0.25) is 0 Å². The molecule has 0 radical (unpaired) electrons. The van der Waals surface area contributed by atoms with Gasteiger partial charge in [-0.3, -0.25) is 14.9 Å². The third-order valence-corrected chi connectivity index (χ3v) is 2.80. The standard InChI is InChI=1S/C12H12N4O3/c1-8-12(9(2)17)13-14-15(8)7-10-3-5-11(6-4-10)16(18)19/h3-6H,7H2,1-2H3. The Morgan fingerprint density at radius 2 is 2.00 bits per heavy atom. The van der Waals surface area contributed by atoms with Gasteiger partial charge in [0.2, 0.25) is 0 Å². The van der Waals surface area contributed by atoms with Crippen molar-refractivity contribution in [2.24, 2.45) is 0 Å². The molecule has 98 valence electrons. The van der Waals surface area contributed by atoms with Crippen molar-refractivity contribution in [3.63, 3.8) is 0 Å². The van der Waals surface area contributed by atoms with E-state index in [0.29, 0.717) is 17.9 Å². The number of nitrogens with zero attached hydrogens (tertiary/aromatic N) is 4. The Hall–Kier alpha value is -2.57. The molecule has 2 rings (SSSR count). The largest absolute Gasteiger partial charge is 0.293 e. The highest BCUT2D eigenvalue weighted by atomic mass is 16.6. The van der Waals surface area contributed by atoms with Crippen LogP contribution in [0.25, 0.3) is 0 Å². The number of non-ortho nitro benzene ring substituents is 1. The number of nitro groups is 1. The molecule has 0 saturated carbocycles. The third-order valence-electron chi connectivity index (χ3n) is 2.80. The normalized spacial score (nSPS) is 10.4. The molecule has 0 aliphatic carbocycles. The average Bonchev–Trinajstić information content (AvgIpc) is 2.72. The van der Waals surface area contributed by atoms with Crippen LogP contribution in [0.3, 0.4) is 0 Å². The predicted octanol–water partition coefficient (Wildman–Crippen LogP) is 1.75. The maximum atomic E-state index is 11.3. The summed E-state index contributed by atoms with van der Waals surface area (Å²) in [5.74, 6) is -0.132. The fourth-order valence-electron chi connectivity index (χ4n) is 1.73. The molecule has 0 fully saturated rings. The molecule has 0 aliphatic rings. The highest BCUT2D eigenvalue weighted by molar-refractivity contribution is 5.92. The van der Waals surface area contributed by atoms with Crippen LogP contribution in [-0.4, -0.2) is 25.7 Å². The second kappa shape index (κ2) is 4.97. The summed E-state index contributed by atoms with van der Waals surface area (Å²) >= 11 is 0. The van der Waals surface area contributed by atoms with Gasteiger partial charge in [0.05, 0.1) is 17.2 Å². The molecule has 7 nitrogen and oxygen atoms in total. The van der Waals surface area contributed by atoms with Crippen molar-refractivity contribution in [1.29, 1.82) is 0 Å². The maximum absolute atomic E-state index is 11.3. The highest BCUT2D eigenvalue weighted by Crippen LogP contribution is 2.14. The van der Waals surface area contributed by atoms with Gasteiger partial charge in [0.1, 0.15) is 0 Å². The first-order valence-corrected chi connectivity index (χ1v) is 5.63. The minimum Gasteiger partial charge on any atom is -0.293 e. The van der Waals surface area contributed by atoms with Crippen molar-refractivity contribution >= 4 is 11.5 Å². The second-order valence-corrected chi connectivity index (χ2v) is 4.16. The molecule has 0 spiro atoms. The van der Waals surface area contributed by atoms with Gasteiger partial charge >= 0.3 is 0 Å². The van der Waals surface area contributed by atoms with Gasteiger partial charge in [-0.05, 0) is 12.5 Å². The smallest absolute Gasteiger partial charge is 0.269 e. The van der Waals surface area contributed by atoms with Gasteiger partial charge in [-0.2, -0.15) is 0 Å². The van der Waals surface area contributed by atoms with E-state index in [1.165, 1.54) is 19.1 Å². The SMILES string of the molecule is CC(=O)c1nnn(Cc2ccc([N+](=O)[O-])cc2)c1C. The summed E-state index contributed by atoms with van der Waals surface area (Å²) in [5.41, 5.74) is 1.94. The fraction of sp³-hybridized carbons (Fsp3) is 0.250. The van der Waals surface area contributed by atoms with Gasteiger partial charge in [-0.15, -0.1) is 5.10 Å². The minimum absolute atomic E-state index is 0.0449. The summed E-state index contributed by atoms with van der Waals surface area (Å²) in [7, 11) is 0. The summed E-state index contributed by atoms with van der Waals surface area (Å²) in [5, 5.41) is 18.3. The van der Waals surface area contributed by atoms with Crippen LogP contribution in [0.15, 0.2) is 24.3 Å². The first-order valence-electron chi connectivity index (χ1n) is 5.63. The average molecular weight is 260 g/mol. The zero-order valence-electron chi connectivity index (χ0n) is 10.5. The highest BCUT2D eigenvalue weighted by Gasteiger charge is 2.13. The monoisotopic (exact) mass is 260 g/mol. The molecule has 0 bridgehead atoms. The zero-order chi connectivity index (χ0) is 14.0. The van der Waals surface area contributed by atoms with Crippen LogP contribution in [0.1, 0.15) is 28.7 Å². The molecule has 1 aromatic heterocycles. The van der Waals surface area contributed by atoms with Gasteiger partial charge in [-0.25, -0.2) is 4.68 Å². The third kappa shape index (κ3) is 2.65. The molecule has 0 N–H and O–H groups in total. The summed E-state index contributed by atoms with van der Waals surface area (Å²) in [6, 6.07) is 6.19. The fourth-order valence-corrected chi connectivity index (χ4v) is 1.73. The van der Waals surface area contributed by atoms with Gasteiger partial charge in [0.25, 0.3) is 5.69 Å². The van der Waals surface area contributed by atoms with E-state index in [4.69, 9.17) is 0 Å². The van der Waals surface area contributed by atoms with Crippen LogP contribution in [0, 0.1) is 17.0 Å². The lowest BCUT2D eigenvalue weighted by molar-refractivity contribution is -0.384. The number of Topliss-reactive ketones (excluding diaryl/α,β-unsaturated/α-hetero) is 1. The molecule has 0 saturated heterocycles. The van der Waals surface area contributed by atoms with Crippen LogP contribution in [-0.2, 0) is 6.54 Å². The van der Waals surface area contributed by atoms with E-state index in [2.05, 4.69) is 10.3 Å². The molecule has 1 heterocycles. The number of hydrogen-bond donors (Lipinski definition) is 0. The Morgan fingerprint density at radius 3 is 2.47 bits per heavy atom. The van der Waals surface area contributed by atoms with E-state index in [0.717, 1.165) is 5.56 Å². The van der Waals surface area contributed by atoms with Crippen molar-refractivity contribution in [2.45, 2.75) is 20.4 Å². The Morgan fingerprint density at radius 1 is 1.37 bits per heavy atom. The summed E-state index contributed by atoms with van der Waals surface area (Å²) in [6.07, 6.45) is 0. The van der Waals surface area contributed by atoms with E-state index < -0.39 is 4.92 Å². The summed E-state index contributed by atoms with van der Waals surface area (Å²) in [4.78, 5) is 21.4. The summed E-state index contributed by atoms with van der Waals surface area (Å²) in [6.45, 7) is 3.62. The molecule has 0 atom stereocenters. The quantitative estimate of drug-likeness (QED) is 0.474. The molecule has 2 aromatic rings. The second-order valence-electron chi connectivity index (χ2n) is 4.16. The van der Waals surface area contributed by atoms with Crippen molar-refractivity contribution in [2.75, 3.05) is 0 Å². The Bertz CT molecular complexity index is 631. The Labute approximate surface area is 109 Å². The van der Waals surface area contributed by atoms with Gasteiger partial charge in [0.15, 0.2) is 11.5 Å². The lowest BCUT2D eigenvalue weighted by Gasteiger charge is -2.03. The Kier molecular flexibility index (Phi) is 3.37. The molecule has 0 aliphatic heterocycles. The molecular weight excluding hydrogens is 248 g/mol. The van der Waals surface area contributed by atoms with E-state index in [-0.39, 0.29) is 11.5 Å². The number of benzene rings is 1. The van der Waals surface area contributed by atoms with Crippen molar-refractivity contribution < 1.29 is 9.72 Å². The molecule has 0 unspecified atom stereocenters. The first kappa shape index (κ1) is 12.9. The summed E-state index contributed by atoms with van der Waals surface area (Å²) < 4.78 is 1.60. The van der Waals surface area contributed by atoms with Gasteiger partial charge in [-0.1, -0.05) is 17.3 Å². The van der Waals surface area contributed by atoms with Crippen LogP contribution < -0.4 is 0 Å². The van der Waals surface area contributed by atoms with E-state index in [9.17, 15) is 14.9 Å². The van der Waals surface area contributed by atoms with E-state index in [1.807, 2.05) is 0 Å². The van der Waals surface area contributed by atoms with Gasteiger partial charge < -0.3 is 0 Å². The number of rotatable bonds is 4. The minimum atomic E-state index is -0.446. The number of aromatic nitrogens is 3.